The maximum atomic E-state index is 13.2. The molecule has 4 rings (SSSR count). The Balaban J connectivity index is 1.45. The molecule has 0 aliphatic heterocycles. The van der Waals surface area contributed by atoms with E-state index in [9.17, 15) is 27.9 Å². The minimum absolute atomic E-state index is 0.0932. The topological polar surface area (TPSA) is 84.9 Å². The molecule has 1 aliphatic carbocycles. The summed E-state index contributed by atoms with van der Waals surface area (Å²) in [6, 6.07) is 18.4. The van der Waals surface area contributed by atoms with E-state index in [0.29, 0.717) is 36.3 Å². The van der Waals surface area contributed by atoms with Gasteiger partial charge in [0.2, 0.25) is 0 Å². The average molecular weight is 546 g/mol. The molecular formula is C28H26F3NO5S. The van der Waals surface area contributed by atoms with Crippen LogP contribution in [0.25, 0.3) is 0 Å². The normalized spacial score (nSPS) is 14.0. The number of rotatable bonds is 10. The molecule has 0 heterocycles. The van der Waals surface area contributed by atoms with E-state index in [1.165, 1.54) is 25.3 Å². The van der Waals surface area contributed by atoms with E-state index < -0.39 is 22.9 Å². The number of carboxylic acid groups (broad SMARTS) is 1. The van der Waals surface area contributed by atoms with Crippen molar-refractivity contribution in [1.29, 1.82) is 0 Å². The summed E-state index contributed by atoms with van der Waals surface area (Å²) >= 11 is -0.174. The third kappa shape index (κ3) is 7.00. The third-order valence-corrected chi connectivity index (χ3v) is 6.97. The predicted octanol–water partition coefficient (Wildman–Crippen LogP) is 5.67. The summed E-state index contributed by atoms with van der Waals surface area (Å²) in [6.45, 7) is 0.139. The molecule has 1 amide bonds. The van der Waals surface area contributed by atoms with Crippen LogP contribution in [0.2, 0.25) is 0 Å². The maximum Gasteiger partial charge on any atom is 0.446 e. The molecule has 0 spiro atoms. The van der Waals surface area contributed by atoms with Gasteiger partial charge in [-0.3, -0.25) is 9.59 Å². The number of carboxylic acids is 1. The molecule has 0 atom stereocenters. The Bertz CT molecular complexity index is 1300. The van der Waals surface area contributed by atoms with Crippen molar-refractivity contribution in [1.82, 2.24) is 5.32 Å². The summed E-state index contributed by atoms with van der Waals surface area (Å²) in [5.74, 6) is -0.766. The number of carbonyl (C=O) groups excluding carboxylic acids is 1. The highest BCUT2D eigenvalue weighted by Gasteiger charge is 2.40. The molecule has 0 radical (unpaired) electrons. The lowest BCUT2D eigenvalue weighted by Gasteiger charge is -2.29. The van der Waals surface area contributed by atoms with Gasteiger partial charge in [-0.1, -0.05) is 36.4 Å². The second-order valence-electron chi connectivity index (χ2n) is 9.09. The first-order chi connectivity index (χ1) is 18.1. The highest BCUT2D eigenvalue weighted by atomic mass is 32.2. The summed E-state index contributed by atoms with van der Waals surface area (Å²) < 4.78 is 49.2. The second-order valence-corrected chi connectivity index (χ2v) is 10.2. The second kappa shape index (κ2) is 11.4. The largest absolute Gasteiger partial charge is 0.493 e. The van der Waals surface area contributed by atoms with E-state index in [4.69, 9.17) is 9.47 Å². The van der Waals surface area contributed by atoms with Gasteiger partial charge in [0.05, 0.1) is 25.7 Å². The van der Waals surface area contributed by atoms with E-state index in [2.05, 4.69) is 5.32 Å². The Hall–Kier alpha value is -3.66. The molecule has 0 unspecified atom stereocenters. The number of alkyl halides is 3. The number of aliphatic carboxylic acids is 1. The number of carbonyl (C=O) groups is 2. The molecule has 0 saturated carbocycles. The highest BCUT2D eigenvalue weighted by molar-refractivity contribution is 8.00. The fraction of sp³-hybridized carbons (Fsp3) is 0.286. The van der Waals surface area contributed by atoms with Crippen LogP contribution in [0.4, 0.5) is 13.2 Å². The van der Waals surface area contributed by atoms with Crippen molar-refractivity contribution in [3.05, 3.63) is 89.0 Å². The Morgan fingerprint density at radius 3 is 2.34 bits per heavy atom. The van der Waals surface area contributed by atoms with Crippen molar-refractivity contribution in [2.24, 2.45) is 0 Å². The first kappa shape index (κ1) is 27.4. The van der Waals surface area contributed by atoms with Crippen molar-refractivity contribution in [2.45, 2.75) is 41.6 Å². The van der Waals surface area contributed by atoms with Crippen LogP contribution in [-0.2, 0) is 24.1 Å². The molecule has 0 aromatic heterocycles. The quantitative estimate of drug-likeness (QED) is 0.320. The fourth-order valence-corrected chi connectivity index (χ4v) is 5.29. The Morgan fingerprint density at radius 1 is 1.00 bits per heavy atom. The van der Waals surface area contributed by atoms with Gasteiger partial charge in [0.1, 0.15) is 0 Å². The molecule has 0 saturated heterocycles. The SMILES string of the molecule is COc1ccc(C(=O)NC2(CC(=O)O)Cc3ccccc3C2)cc1OCCc1cccc(SC(F)(F)F)c1. The molecule has 38 heavy (non-hydrogen) atoms. The average Bonchev–Trinajstić information content (AvgIpc) is 3.19. The zero-order valence-electron chi connectivity index (χ0n) is 20.5. The first-order valence-electron chi connectivity index (χ1n) is 11.8. The van der Waals surface area contributed by atoms with Crippen LogP contribution in [-0.4, -0.2) is 41.7 Å². The van der Waals surface area contributed by atoms with Crippen LogP contribution in [0.15, 0.2) is 71.6 Å². The number of ether oxygens (including phenoxy) is 2. The minimum Gasteiger partial charge on any atom is -0.493 e. The van der Waals surface area contributed by atoms with Gasteiger partial charge in [-0.15, -0.1) is 0 Å². The number of methoxy groups -OCH3 is 1. The summed E-state index contributed by atoms with van der Waals surface area (Å²) in [4.78, 5) is 25.0. The first-order valence-corrected chi connectivity index (χ1v) is 12.6. The fourth-order valence-electron chi connectivity index (χ4n) is 4.66. The molecule has 3 aromatic carbocycles. The lowest BCUT2D eigenvalue weighted by molar-refractivity contribution is -0.138. The van der Waals surface area contributed by atoms with Crippen molar-refractivity contribution < 1.29 is 37.3 Å². The Kier molecular flexibility index (Phi) is 8.20. The maximum absolute atomic E-state index is 13.2. The molecule has 6 nitrogen and oxygen atoms in total. The standard InChI is InChI=1S/C28H26F3NO5S/c1-36-23-10-9-19(14-24(23)37-12-11-18-5-4-8-22(13-18)38-28(29,30)31)26(35)32-27(17-25(33)34)15-20-6-2-3-7-21(20)16-27/h2-10,13-14H,11-12,15-17H2,1H3,(H,32,35)(H,33,34). The van der Waals surface area contributed by atoms with Crippen LogP contribution >= 0.6 is 11.8 Å². The zero-order chi connectivity index (χ0) is 27.3. The van der Waals surface area contributed by atoms with Crippen LogP contribution in [0.1, 0.15) is 33.5 Å². The number of benzene rings is 3. The van der Waals surface area contributed by atoms with Gasteiger partial charge in [0.25, 0.3) is 5.91 Å². The number of halogens is 3. The molecule has 0 fully saturated rings. The highest BCUT2D eigenvalue weighted by Crippen LogP contribution is 2.37. The van der Waals surface area contributed by atoms with Gasteiger partial charge in [-0.2, -0.15) is 13.2 Å². The van der Waals surface area contributed by atoms with Gasteiger partial charge < -0.3 is 19.9 Å². The van der Waals surface area contributed by atoms with Crippen LogP contribution in [0, 0.1) is 0 Å². The smallest absolute Gasteiger partial charge is 0.446 e. The van der Waals surface area contributed by atoms with Gasteiger partial charge in [-0.25, -0.2) is 0 Å². The summed E-state index contributed by atoms with van der Waals surface area (Å²) in [5.41, 5.74) is -2.37. The van der Waals surface area contributed by atoms with E-state index >= 15 is 0 Å². The zero-order valence-corrected chi connectivity index (χ0v) is 21.3. The lowest BCUT2D eigenvalue weighted by Crippen LogP contribution is -2.50. The third-order valence-electron chi connectivity index (χ3n) is 6.25. The number of amides is 1. The van der Waals surface area contributed by atoms with Crippen molar-refractivity contribution in [3.63, 3.8) is 0 Å². The Morgan fingerprint density at radius 2 is 1.71 bits per heavy atom. The van der Waals surface area contributed by atoms with Crippen LogP contribution in [0.3, 0.4) is 0 Å². The van der Waals surface area contributed by atoms with E-state index in [1.807, 2.05) is 24.3 Å². The number of fused-ring (bicyclic) bond motifs is 1. The van der Waals surface area contributed by atoms with Crippen LogP contribution < -0.4 is 14.8 Å². The summed E-state index contributed by atoms with van der Waals surface area (Å²) in [5, 5.41) is 12.5. The molecule has 3 aromatic rings. The number of nitrogens with one attached hydrogen (secondary N) is 1. The predicted molar refractivity (Wildman–Crippen MR) is 137 cm³/mol. The number of hydrogen-bond acceptors (Lipinski definition) is 5. The number of hydrogen-bond donors (Lipinski definition) is 2. The molecule has 0 bridgehead atoms. The van der Waals surface area contributed by atoms with Crippen molar-refractivity contribution in [2.75, 3.05) is 13.7 Å². The van der Waals surface area contributed by atoms with E-state index in [-0.39, 0.29) is 35.2 Å². The van der Waals surface area contributed by atoms with Gasteiger partial charge in [0.15, 0.2) is 11.5 Å². The molecule has 200 valence electrons. The monoisotopic (exact) mass is 545 g/mol. The summed E-state index contributed by atoms with van der Waals surface area (Å²) in [7, 11) is 1.46. The Labute approximate surface area is 222 Å². The molecule has 10 heteroatoms. The minimum atomic E-state index is -4.37. The van der Waals surface area contributed by atoms with Gasteiger partial charge in [0, 0.05) is 16.9 Å². The molecule has 1 aliphatic rings. The van der Waals surface area contributed by atoms with Crippen molar-refractivity contribution >= 4 is 23.6 Å². The van der Waals surface area contributed by atoms with Crippen LogP contribution in [0.5, 0.6) is 11.5 Å². The molecular weight excluding hydrogens is 519 g/mol. The van der Waals surface area contributed by atoms with E-state index in [0.717, 1.165) is 11.1 Å². The van der Waals surface area contributed by atoms with Crippen molar-refractivity contribution in [3.8, 4) is 11.5 Å². The summed E-state index contributed by atoms with van der Waals surface area (Å²) in [6.07, 6.45) is 0.934. The lowest BCUT2D eigenvalue weighted by atomic mass is 9.91. The van der Waals surface area contributed by atoms with Gasteiger partial charge >= 0.3 is 11.5 Å². The molecule has 2 N–H and O–H groups in total. The van der Waals surface area contributed by atoms with E-state index in [1.54, 1.807) is 24.3 Å². The van der Waals surface area contributed by atoms with Gasteiger partial charge in [-0.05, 0) is 71.6 Å². The number of thioether (sulfide) groups is 1.